The van der Waals surface area contributed by atoms with Gasteiger partial charge in [0.1, 0.15) is 16.2 Å². The summed E-state index contributed by atoms with van der Waals surface area (Å²) in [6, 6.07) is 0. The van der Waals surface area contributed by atoms with Gasteiger partial charge in [-0.2, -0.15) is 0 Å². The molecule has 0 bridgehead atoms. The molecule has 5 nitrogen and oxygen atoms in total. The van der Waals surface area contributed by atoms with E-state index >= 15 is 0 Å². The first kappa shape index (κ1) is 19.2. The molecule has 4 rings (SSSR count). The van der Waals surface area contributed by atoms with Crippen LogP contribution in [0.4, 0.5) is 0 Å². The Morgan fingerprint density at radius 1 is 1.33 bits per heavy atom. The third-order valence-electron chi connectivity index (χ3n) is 5.73. The highest BCUT2D eigenvalue weighted by Crippen LogP contribution is 2.44. The molecule has 2 aliphatic rings. The molecule has 3 heterocycles. The minimum absolute atomic E-state index is 0.173. The normalized spacial score (nSPS) is 20.7. The van der Waals surface area contributed by atoms with E-state index in [1.165, 1.54) is 22.2 Å². The Bertz CT molecular complexity index is 838. The number of thioether (sulfide) groups is 1. The first-order chi connectivity index (χ1) is 12.9. The lowest BCUT2D eigenvalue weighted by molar-refractivity contribution is -0.132. The molecule has 2 aromatic heterocycles. The maximum atomic E-state index is 12.5. The number of amides is 1. The number of aromatic nitrogens is 2. The van der Waals surface area contributed by atoms with Crippen LogP contribution in [0.25, 0.3) is 10.2 Å². The summed E-state index contributed by atoms with van der Waals surface area (Å²) in [5.74, 6) is 1.32. The molecule has 0 saturated carbocycles. The number of carbonyl (C=O) groups is 1. The van der Waals surface area contributed by atoms with Crippen LogP contribution in [0, 0.1) is 11.3 Å². The number of carbonyl (C=O) groups excluding carboxylic acids is 1. The average molecular weight is 406 g/mol. The van der Waals surface area contributed by atoms with Gasteiger partial charge in [0.05, 0.1) is 19.0 Å². The van der Waals surface area contributed by atoms with Crippen molar-refractivity contribution < 1.29 is 9.53 Å². The fraction of sp³-hybridized carbons (Fsp3) is 0.650. The van der Waals surface area contributed by atoms with Gasteiger partial charge >= 0.3 is 0 Å². The number of hydrogen-bond acceptors (Lipinski definition) is 6. The molecular weight excluding hydrogens is 378 g/mol. The van der Waals surface area contributed by atoms with Crippen molar-refractivity contribution in [3.63, 3.8) is 0 Å². The number of ether oxygens (including phenoxy) is 1. The van der Waals surface area contributed by atoms with Crippen LogP contribution >= 0.6 is 23.1 Å². The van der Waals surface area contributed by atoms with Crippen molar-refractivity contribution in [3.8, 4) is 0 Å². The van der Waals surface area contributed by atoms with Gasteiger partial charge in [-0.25, -0.2) is 9.97 Å². The number of nitrogens with zero attached hydrogens (tertiary/aromatic N) is 3. The highest BCUT2D eigenvalue weighted by molar-refractivity contribution is 8.00. The summed E-state index contributed by atoms with van der Waals surface area (Å²) in [6.45, 7) is 9.69. The Balaban J connectivity index is 1.54. The second-order valence-corrected chi connectivity index (χ2v) is 10.5. The molecule has 0 N–H and O–H groups in total. The van der Waals surface area contributed by atoms with Gasteiger partial charge in [-0.3, -0.25) is 4.79 Å². The number of rotatable bonds is 3. The molecular formula is C20H27N3O2S2. The van der Waals surface area contributed by atoms with Gasteiger partial charge in [-0.05, 0) is 36.2 Å². The van der Waals surface area contributed by atoms with Gasteiger partial charge in [0.25, 0.3) is 0 Å². The summed E-state index contributed by atoms with van der Waals surface area (Å²) in [5, 5.41) is 2.16. The lowest BCUT2D eigenvalue weighted by Crippen LogP contribution is -2.41. The van der Waals surface area contributed by atoms with Crippen LogP contribution in [-0.4, -0.2) is 52.8 Å². The molecule has 7 heteroatoms. The van der Waals surface area contributed by atoms with Crippen LogP contribution in [0.15, 0.2) is 11.4 Å². The van der Waals surface area contributed by atoms with E-state index in [0.29, 0.717) is 43.4 Å². The van der Waals surface area contributed by atoms with E-state index < -0.39 is 0 Å². The van der Waals surface area contributed by atoms with Crippen LogP contribution < -0.4 is 0 Å². The number of hydrogen-bond donors (Lipinski definition) is 0. The van der Waals surface area contributed by atoms with E-state index in [-0.39, 0.29) is 5.91 Å². The number of morpholine rings is 1. The van der Waals surface area contributed by atoms with E-state index in [2.05, 4.69) is 30.7 Å². The fourth-order valence-corrected chi connectivity index (χ4v) is 6.22. The molecule has 1 unspecified atom stereocenters. The molecule has 2 aromatic rings. The maximum absolute atomic E-state index is 12.5. The van der Waals surface area contributed by atoms with Crippen molar-refractivity contribution in [2.24, 2.45) is 11.3 Å². The van der Waals surface area contributed by atoms with Crippen molar-refractivity contribution in [3.05, 3.63) is 16.8 Å². The Kier molecular flexibility index (Phi) is 5.45. The SMILES string of the molecule is CC(C)(C)C1CCc2c(sc3ncnc(SCC(=O)N4CCOCC4)c23)C1. The van der Waals surface area contributed by atoms with Crippen LogP contribution in [-0.2, 0) is 22.4 Å². The lowest BCUT2D eigenvalue weighted by atomic mass is 9.72. The third-order valence-corrected chi connectivity index (χ3v) is 7.87. The van der Waals surface area contributed by atoms with Gasteiger partial charge in [0, 0.05) is 23.4 Å². The first-order valence-corrected chi connectivity index (χ1v) is 11.5. The molecule has 1 amide bonds. The van der Waals surface area contributed by atoms with Crippen molar-refractivity contribution in [1.82, 2.24) is 14.9 Å². The molecule has 0 spiro atoms. The number of aryl methyl sites for hydroxylation is 1. The molecule has 0 radical (unpaired) electrons. The fourth-order valence-electron chi connectivity index (χ4n) is 3.96. The van der Waals surface area contributed by atoms with Crippen LogP contribution in [0.2, 0.25) is 0 Å². The minimum Gasteiger partial charge on any atom is -0.378 e. The van der Waals surface area contributed by atoms with E-state index in [4.69, 9.17) is 4.74 Å². The molecule has 1 aliphatic heterocycles. The summed E-state index contributed by atoms with van der Waals surface area (Å²) >= 11 is 3.38. The standard InChI is InChI=1S/C20H27N3O2S2/c1-20(2,3)13-4-5-14-15(10-13)27-19-17(14)18(21-12-22-19)26-11-16(24)23-6-8-25-9-7-23/h12-13H,4-11H2,1-3H3. The zero-order valence-electron chi connectivity index (χ0n) is 16.3. The molecule has 1 saturated heterocycles. The largest absolute Gasteiger partial charge is 0.378 e. The Labute approximate surface area is 168 Å². The quantitative estimate of drug-likeness (QED) is 0.574. The van der Waals surface area contributed by atoms with Crippen molar-refractivity contribution in [2.75, 3.05) is 32.1 Å². The molecule has 1 fully saturated rings. The second kappa shape index (κ2) is 7.68. The maximum Gasteiger partial charge on any atom is 0.233 e. The number of fused-ring (bicyclic) bond motifs is 3. The van der Waals surface area contributed by atoms with Crippen LogP contribution in [0.1, 0.15) is 37.6 Å². The molecule has 1 atom stereocenters. The highest BCUT2D eigenvalue weighted by Gasteiger charge is 2.31. The van der Waals surface area contributed by atoms with E-state index in [9.17, 15) is 4.79 Å². The van der Waals surface area contributed by atoms with E-state index in [1.807, 2.05) is 16.2 Å². The van der Waals surface area contributed by atoms with Crippen LogP contribution in [0.5, 0.6) is 0 Å². The van der Waals surface area contributed by atoms with Gasteiger partial charge in [-0.1, -0.05) is 32.5 Å². The Hall–Kier alpha value is -1.18. The van der Waals surface area contributed by atoms with Crippen LogP contribution in [0.3, 0.4) is 0 Å². The predicted molar refractivity (Wildman–Crippen MR) is 111 cm³/mol. The lowest BCUT2D eigenvalue weighted by Gasteiger charge is -2.33. The summed E-state index contributed by atoms with van der Waals surface area (Å²) in [7, 11) is 0. The van der Waals surface area contributed by atoms with Gasteiger partial charge in [0.2, 0.25) is 5.91 Å². The zero-order valence-corrected chi connectivity index (χ0v) is 17.9. The molecule has 27 heavy (non-hydrogen) atoms. The highest BCUT2D eigenvalue weighted by atomic mass is 32.2. The summed E-state index contributed by atoms with van der Waals surface area (Å²) in [6.07, 6.45) is 5.09. The summed E-state index contributed by atoms with van der Waals surface area (Å²) in [5.41, 5.74) is 1.76. The van der Waals surface area contributed by atoms with E-state index in [1.54, 1.807) is 18.1 Å². The smallest absolute Gasteiger partial charge is 0.233 e. The third kappa shape index (κ3) is 4.00. The molecule has 146 valence electrons. The molecule has 0 aromatic carbocycles. The van der Waals surface area contributed by atoms with Crippen molar-refractivity contribution in [1.29, 1.82) is 0 Å². The summed E-state index contributed by atoms with van der Waals surface area (Å²) in [4.78, 5) is 26.0. The van der Waals surface area contributed by atoms with E-state index in [0.717, 1.165) is 22.7 Å². The Morgan fingerprint density at radius 2 is 2.11 bits per heavy atom. The van der Waals surface area contributed by atoms with Gasteiger partial charge in [0.15, 0.2) is 0 Å². The van der Waals surface area contributed by atoms with Crippen molar-refractivity contribution >= 4 is 39.2 Å². The molecule has 1 aliphatic carbocycles. The minimum atomic E-state index is 0.173. The average Bonchev–Trinajstić information content (AvgIpc) is 3.04. The second-order valence-electron chi connectivity index (χ2n) is 8.45. The first-order valence-electron chi connectivity index (χ1n) is 9.67. The van der Waals surface area contributed by atoms with Crippen molar-refractivity contribution in [2.45, 2.75) is 45.1 Å². The van der Waals surface area contributed by atoms with Gasteiger partial charge < -0.3 is 9.64 Å². The van der Waals surface area contributed by atoms with Gasteiger partial charge in [-0.15, -0.1) is 11.3 Å². The number of thiophene rings is 1. The predicted octanol–water partition coefficient (Wildman–Crippen LogP) is 3.79. The monoisotopic (exact) mass is 405 g/mol. The topological polar surface area (TPSA) is 55.3 Å². The zero-order chi connectivity index (χ0) is 19.0. The summed E-state index contributed by atoms with van der Waals surface area (Å²) < 4.78 is 5.33. The Morgan fingerprint density at radius 3 is 2.85 bits per heavy atom.